The van der Waals surface area contributed by atoms with E-state index in [4.69, 9.17) is 9.47 Å². The van der Waals surface area contributed by atoms with Gasteiger partial charge in [0.05, 0.1) is 7.11 Å². The van der Waals surface area contributed by atoms with Gasteiger partial charge in [0.15, 0.2) is 18.1 Å². The van der Waals surface area contributed by atoms with Crippen LogP contribution in [0.3, 0.4) is 0 Å². The number of carbonyl (C=O) groups excluding carboxylic acids is 2. The minimum absolute atomic E-state index is 0.0352. The molecule has 1 aliphatic carbocycles. The van der Waals surface area contributed by atoms with Crippen molar-refractivity contribution >= 4 is 23.2 Å². The molecule has 3 rings (SSSR count). The molecule has 2 aromatic carbocycles. The molecule has 28 heavy (non-hydrogen) atoms. The summed E-state index contributed by atoms with van der Waals surface area (Å²) in [5, 5.41) is 5.76. The standard InChI is InChI=1S/C22H26N2O4/c1-22(12-5-6-13-22)21(26)24-17-9-7-8-16(14-17)23-20(25)15-28-19-11-4-3-10-18(19)27-2/h3-4,7-11,14H,5-6,12-13,15H2,1-2H3,(H,23,25)(H,24,26). The Morgan fingerprint density at radius 2 is 1.61 bits per heavy atom. The third kappa shape index (κ3) is 4.82. The Labute approximate surface area is 165 Å². The van der Waals surface area contributed by atoms with Crippen LogP contribution in [0.5, 0.6) is 11.5 Å². The Morgan fingerprint density at radius 3 is 2.29 bits per heavy atom. The zero-order valence-electron chi connectivity index (χ0n) is 16.3. The molecule has 0 bridgehead atoms. The van der Waals surface area contributed by atoms with Gasteiger partial charge in [-0.3, -0.25) is 9.59 Å². The maximum atomic E-state index is 12.6. The molecular weight excluding hydrogens is 356 g/mol. The largest absolute Gasteiger partial charge is 0.493 e. The van der Waals surface area contributed by atoms with Crippen molar-refractivity contribution in [1.29, 1.82) is 0 Å². The monoisotopic (exact) mass is 382 g/mol. The number of methoxy groups -OCH3 is 1. The van der Waals surface area contributed by atoms with E-state index in [9.17, 15) is 9.59 Å². The lowest BCUT2D eigenvalue weighted by Crippen LogP contribution is -2.30. The number of carbonyl (C=O) groups is 2. The molecule has 0 unspecified atom stereocenters. The van der Waals surface area contributed by atoms with Gasteiger partial charge in [-0.1, -0.05) is 38.0 Å². The van der Waals surface area contributed by atoms with Crippen LogP contribution in [0.15, 0.2) is 48.5 Å². The van der Waals surface area contributed by atoms with E-state index < -0.39 is 0 Å². The average Bonchev–Trinajstić information content (AvgIpc) is 3.15. The second-order valence-electron chi connectivity index (χ2n) is 7.29. The Hall–Kier alpha value is -3.02. The van der Waals surface area contributed by atoms with E-state index in [2.05, 4.69) is 10.6 Å². The van der Waals surface area contributed by atoms with Crippen LogP contribution in [-0.2, 0) is 9.59 Å². The molecule has 0 radical (unpaired) electrons. The Bertz CT molecular complexity index is 844. The van der Waals surface area contributed by atoms with E-state index in [-0.39, 0.29) is 23.8 Å². The van der Waals surface area contributed by atoms with E-state index in [0.717, 1.165) is 25.7 Å². The predicted octanol–water partition coefficient (Wildman–Crippen LogP) is 4.23. The van der Waals surface area contributed by atoms with Crippen LogP contribution in [0.4, 0.5) is 11.4 Å². The molecule has 6 nitrogen and oxygen atoms in total. The van der Waals surface area contributed by atoms with Crippen LogP contribution < -0.4 is 20.1 Å². The number of hydrogen-bond donors (Lipinski definition) is 2. The number of amides is 2. The summed E-state index contributed by atoms with van der Waals surface area (Å²) in [6.07, 6.45) is 4.00. The topological polar surface area (TPSA) is 76.7 Å². The van der Waals surface area contributed by atoms with E-state index >= 15 is 0 Å². The van der Waals surface area contributed by atoms with Crippen molar-refractivity contribution in [2.45, 2.75) is 32.6 Å². The lowest BCUT2D eigenvalue weighted by Gasteiger charge is -2.22. The lowest BCUT2D eigenvalue weighted by atomic mass is 9.88. The summed E-state index contributed by atoms with van der Waals surface area (Å²) in [5.41, 5.74) is 0.964. The summed E-state index contributed by atoms with van der Waals surface area (Å²) in [6.45, 7) is 1.87. The van der Waals surface area contributed by atoms with Crippen molar-refractivity contribution in [2.24, 2.45) is 5.41 Å². The number of ether oxygens (including phenoxy) is 2. The fraction of sp³-hybridized carbons (Fsp3) is 0.364. The van der Waals surface area contributed by atoms with Crippen LogP contribution in [0, 0.1) is 5.41 Å². The Balaban J connectivity index is 1.56. The second kappa shape index (κ2) is 8.78. The first kappa shape index (κ1) is 19.7. The first-order valence-corrected chi connectivity index (χ1v) is 9.47. The van der Waals surface area contributed by atoms with Crippen LogP contribution in [-0.4, -0.2) is 25.5 Å². The van der Waals surface area contributed by atoms with Gasteiger partial charge in [0, 0.05) is 16.8 Å². The molecule has 0 atom stereocenters. The summed E-state index contributed by atoms with van der Waals surface area (Å²) in [7, 11) is 1.55. The zero-order valence-corrected chi connectivity index (χ0v) is 16.3. The molecular formula is C22H26N2O4. The highest BCUT2D eigenvalue weighted by Gasteiger charge is 2.36. The normalized spacial score (nSPS) is 14.9. The van der Waals surface area contributed by atoms with Gasteiger partial charge in [-0.2, -0.15) is 0 Å². The van der Waals surface area contributed by atoms with E-state index in [1.807, 2.05) is 25.1 Å². The summed E-state index contributed by atoms with van der Waals surface area (Å²) in [6, 6.07) is 14.3. The van der Waals surface area contributed by atoms with Gasteiger partial charge < -0.3 is 20.1 Å². The van der Waals surface area contributed by atoms with Crippen LogP contribution >= 0.6 is 0 Å². The number of rotatable bonds is 7. The maximum absolute atomic E-state index is 12.6. The third-order valence-electron chi connectivity index (χ3n) is 5.09. The summed E-state index contributed by atoms with van der Waals surface area (Å²) < 4.78 is 10.7. The van der Waals surface area contributed by atoms with Gasteiger partial charge >= 0.3 is 0 Å². The number of hydrogen-bond acceptors (Lipinski definition) is 4. The second-order valence-corrected chi connectivity index (χ2v) is 7.29. The number of benzene rings is 2. The third-order valence-corrected chi connectivity index (χ3v) is 5.09. The molecule has 2 N–H and O–H groups in total. The van der Waals surface area contributed by atoms with Gasteiger partial charge in [-0.15, -0.1) is 0 Å². The van der Waals surface area contributed by atoms with E-state index in [0.29, 0.717) is 22.9 Å². The van der Waals surface area contributed by atoms with Crippen molar-refractivity contribution < 1.29 is 19.1 Å². The fourth-order valence-corrected chi connectivity index (χ4v) is 3.42. The molecule has 1 aliphatic rings. The maximum Gasteiger partial charge on any atom is 0.262 e. The number of nitrogens with one attached hydrogen (secondary N) is 2. The SMILES string of the molecule is COc1ccccc1OCC(=O)Nc1cccc(NC(=O)C2(C)CCCC2)c1. The van der Waals surface area contributed by atoms with Crippen molar-refractivity contribution in [2.75, 3.05) is 24.4 Å². The minimum Gasteiger partial charge on any atom is -0.493 e. The smallest absolute Gasteiger partial charge is 0.262 e. The summed E-state index contributed by atoms with van der Waals surface area (Å²) in [5.74, 6) is 0.816. The van der Waals surface area contributed by atoms with Crippen molar-refractivity contribution in [3.63, 3.8) is 0 Å². The van der Waals surface area contributed by atoms with Gasteiger partial charge in [0.2, 0.25) is 5.91 Å². The number of para-hydroxylation sites is 2. The molecule has 1 fully saturated rings. The minimum atomic E-state index is -0.304. The number of anilines is 2. The molecule has 1 saturated carbocycles. The first-order chi connectivity index (χ1) is 13.5. The molecule has 0 saturated heterocycles. The molecule has 0 spiro atoms. The van der Waals surface area contributed by atoms with Crippen molar-refractivity contribution in [3.05, 3.63) is 48.5 Å². The van der Waals surface area contributed by atoms with Crippen LogP contribution in [0.25, 0.3) is 0 Å². The molecule has 2 amide bonds. The Kier molecular flexibility index (Phi) is 6.19. The molecule has 6 heteroatoms. The van der Waals surface area contributed by atoms with Gasteiger partial charge in [-0.05, 0) is 43.2 Å². The molecule has 0 heterocycles. The quantitative estimate of drug-likeness (QED) is 0.751. The van der Waals surface area contributed by atoms with Crippen molar-refractivity contribution in [1.82, 2.24) is 0 Å². The molecule has 2 aromatic rings. The Morgan fingerprint density at radius 1 is 0.964 bits per heavy atom. The lowest BCUT2D eigenvalue weighted by molar-refractivity contribution is -0.124. The van der Waals surface area contributed by atoms with E-state index in [1.54, 1.807) is 37.4 Å². The fourth-order valence-electron chi connectivity index (χ4n) is 3.42. The zero-order chi connectivity index (χ0) is 20.0. The van der Waals surface area contributed by atoms with Gasteiger partial charge in [0.1, 0.15) is 0 Å². The highest BCUT2D eigenvalue weighted by atomic mass is 16.5. The highest BCUT2D eigenvalue weighted by molar-refractivity contribution is 5.97. The molecule has 148 valence electrons. The summed E-state index contributed by atoms with van der Waals surface area (Å²) in [4.78, 5) is 24.8. The average molecular weight is 382 g/mol. The van der Waals surface area contributed by atoms with Gasteiger partial charge in [0.25, 0.3) is 5.91 Å². The molecule has 0 aromatic heterocycles. The first-order valence-electron chi connectivity index (χ1n) is 9.47. The summed E-state index contributed by atoms with van der Waals surface area (Å²) >= 11 is 0. The molecule has 0 aliphatic heterocycles. The predicted molar refractivity (Wildman–Crippen MR) is 109 cm³/mol. The van der Waals surface area contributed by atoms with Crippen LogP contribution in [0.1, 0.15) is 32.6 Å². The van der Waals surface area contributed by atoms with Gasteiger partial charge in [-0.25, -0.2) is 0 Å². The van der Waals surface area contributed by atoms with Crippen LogP contribution in [0.2, 0.25) is 0 Å². The highest BCUT2D eigenvalue weighted by Crippen LogP contribution is 2.38. The van der Waals surface area contributed by atoms with E-state index in [1.165, 1.54) is 0 Å². The van der Waals surface area contributed by atoms with Crippen molar-refractivity contribution in [3.8, 4) is 11.5 Å².